The molecule has 2 atom stereocenters. The molecule has 22 heavy (non-hydrogen) atoms. The summed E-state index contributed by atoms with van der Waals surface area (Å²) in [5, 5.41) is 14.1. The van der Waals surface area contributed by atoms with E-state index in [4.69, 9.17) is 21.1 Å². The molecule has 0 amide bonds. The van der Waals surface area contributed by atoms with Crippen LogP contribution in [0.5, 0.6) is 0 Å². The summed E-state index contributed by atoms with van der Waals surface area (Å²) in [6, 6.07) is 7.74. The highest BCUT2D eigenvalue weighted by atomic mass is 35.5. The normalized spacial score (nSPS) is 20.3. The number of aliphatic hydroxyl groups excluding tert-OH is 1. The monoisotopic (exact) mass is 327 g/mol. The Kier molecular flexibility index (Phi) is 6.66. The zero-order valence-electron chi connectivity index (χ0n) is 13.3. The largest absolute Gasteiger partial charge is 0.389 e. The van der Waals surface area contributed by atoms with Gasteiger partial charge in [0.1, 0.15) is 0 Å². The third-order valence-corrected chi connectivity index (χ3v) is 4.24. The number of hydrogen-bond donors (Lipinski definition) is 2. The Morgan fingerprint density at radius 1 is 1.41 bits per heavy atom. The van der Waals surface area contributed by atoms with Gasteiger partial charge in [0.25, 0.3) is 0 Å². The predicted molar refractivity (Wildman–Crippen MR) is 88.3 cm³/mol. The molecule has 1 saturated heterocycles. The summed E-state index contributed by atoms with van der Waals surface area (Å²) in [5.74, 6) is 0. The van der Waals surface area contributed by atoms with Crippen LogP contribution in [0.4, 0.5) is 0 Å². The molecule has 0 radical (unpaired) electrons. The molecule has 1 heterocycles. The van der Waals surface area contributed by atoms with Crippen molar-refractivity contribution in [3.05, 3.63) is 34.9 Å². The highest BCUT2D eigenvalue weighted by Crippen LogP contribution is 2.21. The Morgan fingerprint density at radius 3 is 2.77 bits per heavy atom. The van der Waals surface area contributed by atoms with Gasteiger partial charge in [0, 0.05) is 23.7 Å². The molecule has 0 aliphatic carbocycles. The van der Waals surface area contributed by atoms with Gasteiger partial charge < -0.3 is 19.9 Å². The van der Waals surface area contributed by atoms with E-state index in [-0.39, 0.29) is 11.6 Å². The van der Waals surface area contributed by atoms with Crippen LogP contribution in [0, 0.1) is 0 Å². The topological polar surface area (TPSA) is 50.7 Å². The van der Waals surface area contributed by atoms with Gasteiger partial charge >= 0.3 is 0 Å². The van der Waals surface area contributed by atoms with Gasteiger partial charge in [-0.05, 0) is 44.4 Å². The van der Waals surface area contributed by atoms with E-state index >= 15 is 0 Å². The van der Waals surface area contributed by atoms with Crippen LogP contribution >= 0.6 is 11.6 Å². The third kappa shape index (κ3) is 5.52. The van der Waals surface area contributed by atoms with Gasteiger partial charge in [-0.1, -0.05) is 23.7 Å². The second kappa shape index (κ2) is 8.27. The molecule has 1 aromatic carbocycles. The van der Waals surface area contributed by atoms with Crippen molar-refractivity contribution in [2.24, 2.45) is 0 Å². The van der Waals surface area contributed by atoms with Crippen molar-refractivity contribution in [3.8, 4) is 0 Å². The second-order valence-corrected chi connectivity index (χ2v) is 6.78. The number of ether oxygens (including phenoxy) is 2. The van der Waals surface area contributed by atoms with Crippen molar-refractivity contribution in [3.63, 3.8) is 0 Å². The molecule has 0 spiro atoms. The van der Waals surface area contributed by atoms with Crippen LogP contribution in [-0.2, 0) is 15.0 Å². The van der Waals surface area contributed by atoms with E-state index < -0.39 is 6.10 Å². The van der Waals surface area contributed by atoms with Crippen LogP contribution in [0.25, 0.3) is 0 Å². The highest BCUT2D eigenvalue weighted by Gasteiger charge is 2.21. The SMILES string of the molecule is CC(C)(NCC(O)COCC1CCCO1)c1ccc(Cl)cc1. The number of halogens is 1. The first-order valence-electron chi connectivity index (χ1n) is 7.86. The minimum Gasteiger partial charge on any atom is -0.389 e. The second-order valence-electron chi connectivity index (χ2n) is 6.34. The Morgan fingerprint density at radius 2 is 2.14 bits per heavy atom. The summed E-state index contributed by atoms with van der Waals surface area (Å²) in [6.45, 7) is 6.35. The summed E-state index contributed by atoms with van der Waals surface area (Å²) in [6.07, 6.45) is 1.82. The number of benzene rings is 1. The molecule has 1 aliphatic rings. The molecule has 1 aromatic rings. The first-order chi connectivity index (χ1) is 10.5. The standard InChI is InChI=1S/C17H26ClNO3/c1-17(2,13-5-7-14(18)8-6-13)19-10-15(20)11-21-12-16-4-3-9-22-16/h5-8,15-16,19-20H,3-4,9-12H2,1-2H3. The molecule has 4 nitrogen and oxygen atoms in total. The molecule has 2 unspecified atom stereocenters. The van der Waals surface area contributed by atoms with E-state index in [2.05, 4.69) is 19.2 Å². The van der Waals surface area contributed by atoms with Crippen LogP contribution in [0.2, 0.25) is 5.02 Å². The molecule has 0 saturated carbocycles. The first kappa shape index (κ1) is 17.7. The van der Waals surface area contributed by atoms with Crippen LogP contribution < -0.4 is 5.32 Å². The van der Waals surface area contributed by atoms with Crippen molar-refractivity contribution < 1.29 is 14.6 Å². The lowest BCUT2D eigenvalue weighted by Gasteiger charge is -2.28. The average molecular weight is 328 g/mol. The molecule has 1 fully saturated rings. The summed E-state index contributed by atoms with van der Waals surface area (Å²) in [7, 11) is 0. The molecular formula is C17H26ClNO3. The molecular weight excluding hydrogens is 302 g/mol. The fraction of sp³-hybridized carbons (Fsp3) is 0.647. The molecule has 2 N–H and O–H groups in total. The summed E-state index contributed by atoms with van der Waals surface area (Å²) in [5.41, 5.74) is 0.893. The average Bonchev–Trinajstić information content (AvgIpc) is 2.99. The van der Waals surface area contributed by atoms with Crippen molar-refractivity contribution in [1.29, 1.82) is 0 Å². The zero-order valence-corrected chi connectivity index (χ0v) is 14.1. The molecule has 5 heteroatoms. The van der Waals surface area contributed by atoms with E-state index in [0.29, 0.717) is 19.8 Å². The van der Waals surface area contributed by atoms with Crippen LogP contribution in [0.3, 0.4) is 0 Å². The Bertz CT molecular complexity index is 444. The van der Waals surface area contributed by atoms with Crippen molar-refractivity contribution in [2.75, 3.05) is 26.4 Å². The lowest BCUT2D eigenvalue weighted by Crippen LogP contribution is -2.42. The number of nitrogens with one attached hydrogen (secondary N) is 1. The van der Waals surface area contributed by atoms with Gasteiger partial charge in [0.15, 0.2) is 0 Å². The van der Waals surface area contributed by atoms with Gasteiger partial charge in [-0.3, -0.25) is 0 Å². The minimum absolute atomic E-state index is 0.200. The lowest BCUT2D eigenvalue weighted by atomic mass is 9.94. The van der Waals surface area contributed by atoms with E-state index in [9.17, 15) is 5.11 Å². The van der Waals surface area contributed by atoms with E-state index in [1.165, 1.54) is 0 Å². The summed E-state index contributed by atoms with van der Waals surface area (Å²) < 4.78 is 11.0. The van der Waals surface area contributed by atoms with Crippen LogP contribution in [0.1, 0.15) is 32.3 Å². The Balaban J connectivity index is 1.69. The molecule has 0 aromatic heterocycles. The highest BCUT2D eigenvalue weighted by molar-refractivity contribution is 6.30. The third-order valence-electron chi connectivity index (χ3n) is 3.98. The van der Waals surface area contributed by atoms with Crippen LogP contribution in [-0.4, -0.2) is 43.7 Å². The maximum absolute atomic E-state index is 10.0. The predicted octanol–water partition coefficient (Wildman–Crippen LogP) is 2.72. The Hall–Kier alpha value is -0.650. The maximum Gasteiger partial charge on any atom is 0.0897 e. The first-order valence-corrected chi connectivity index (χ1v) is 8.23. The fourth-order valence-electron chi connectivity index (χ4n) is 2.51. The number of hydrogen-bond acceptors (Lipinski definition) is 4. The maximum atomic E-state index is 10.0. The molecule has 2 rings (SSSR count). The smallest absolute Gasteiger partial charge is 0.0897 e. The number of aliphatic hydroxyl groups is 1. The summed E-state index contributed by atoms with van der Waals surface area (Å²) >= 11 is 5.91. The van der Waals surface area contributed by atoms with Crippen molar-refractivity contribution in [2.45, 2.75) is 44.4 Å². The van der Waals surface area contributed by atoms with Gasteiger partial charge in [-0.15, -0.1) is 0 Å². The van der Waals surface area contributed by atoms with Crippen molar-refractivity contribution >= 4 is 11.6 Å². The van der Waals surface area contributed by atoms with Gasteiger partial charge in [0.2, 0.25) is 0 Å². The van der Waals surface area contributed by atoms with E-state index in [0.717, 1.165) is 30.0 Å². The zero-order chi connectivity index (χ0) is 16.0. The summed E-state index contributed by atoms with van der Waals surface area (Å²) in [4.78, 5) is 0. The molecule has 1 aliphatic heterocycles. The van der Waals surface area contributed by atoms with E-state index in [1.54, 1.807) is 0 Å². The fourth-order valence-corrected chi connectivity index (χ4v) is 2.64. The Labute approximate surface area is 137 Å². The van der Waals surface area contributed by atoms with Gasteiger partial charge in [-0.2, -0.15) is 0 Å². The van der Waals surface area contributed by atoms with E-state index in [1.807, 2.05) is 24.3 Å². The molecule has 0 bridgehead atoms. The quantitative estimate of drug-likeness (QED) is 0.771. The minimum atomic E-state index is -0.534. The van der Waals surface area contributed by atoms with Crippen molar-refractivity contribution in [1.82, 2.24) is 5.32 Å². The number of rotatable bonds is 8. The lowest BCUT2D eigenvalue weighted by molar-refractivity contribution is -0.0177. The molecule has 124 valence electrons. The van der Waals surface area contributed by atoms with Gasteiger partial charge in [0.05, 0.1) is 25.4 Å². The van der Waals surface area contributed by atoms with Gasteiger partial charge in [-0.25, -0.2) is 0 Å². The van der Waals surface area contributed by atoms with Crippen LogP contribution in [0.15, 0.2) is 24.3 Å².